The first kappa shape index (κ1) is 27.9. The highest BCUT2D eigenvalue weighted by Crippen LogP contribution is 2.31. The SMILES string of the molecule is CNC(=O)NC(C)c1ccccc1-c1ccc(CN2C(=O)[C@H](NC(=O)C(C)(C)N)CCc3ccccc32)cc1. The van der Waals surface area contributed by atoms with E-state index >= 15 is 0 Å². The Morgan fingerprint density at radius 3 is 2.38 bits per heavy atom. The van der Waals surface area contributed by atoms with Crippen molar-refractivity contribution < 1.29 is 14.4 Å². The number of fused-ring (bicyclic) bond motifs is 1. The maximum absolute atomic E-state index is 13.7. The van der Waals surface area contributed by atoms with Gasteiger partial charge in [-0.25, -0.2) is 4.79 Å². The quantitative estimate of drug-likeness (QED) is 0.371. The predicted molar refractivity (Wildman–Crippen MR) is 154 cm³/mol. The number of hydrogen-bond donors (Lipinski definition) is 4. The van der Waals surface area contributed by atoms with Gasteiger partial charge in [-0.15, -0.1) is 0 Å². The summed E-state index contributed by atoms with van der Waals surface area (Å²) in [5, 5.41) is 8.41. The van der Waals surface area contributed by atoms with Gasteiger partial charge >= 0.3 is 6.03 Å². The average molecular weight is 528 g/mol. The van der Waals surface area contributed by atoms with Crippen LogP contribution in [0.25, 0.3) is 11.1 Å². The number of nitrogens with two attached hydrogens (primary N) is 1. The number of amides is 4. The molecule has 4 amide bonds. The second-order valence-corrected chi connectivity index (χ2v) is 10.6. The summed E-state index contributed by atoms with van der Waals surface area (Å²) < 4.78 is 0. The van der Waals surface area contributed by atoms with Crippen molar-refractivity contribution in [3.05, 3.63) is 89.5 Å². The van der Waals surface area contributed by atoms with Crippen LogP contribution in [0.1, 0.15) is 49.9 Å². The van der Waals surface area contributed by atoms with Crippen molar-refractivity contribution >= 4 is 23.5 Å². The van der Waals surface area contributed by atoms with Crippen molar-refractivity contribution in [1.82, 2.24) is 16.0 Å². The fraction of sp³-hybridized carbons (Fsp3) is 0.323. The smallest absolute Gasteiger partial charge is 0.315 e. The van der Waals surface area contributed by atoms with Crippen molar-refractivity contribution in [3.8, 4) is 11.1 Å². The first-order valence-electron chi connectivity index (χ1n) is 13.2. The molecule has 2 atom stereocenters. The zero-order valence-electron chi connectivity index (χ0n) is 23.0. The molecule has 3 aromatic rings. The van der Waals surface area contributed by atoms with Gasteiger partial charge < -0.3 is 26.6 Å². The number of nitrogens with zero attached hydrogens (tertiary/aromatic N) is 1. The number of carbonyl (C=O) groups excluding carboxylic acids is 3. The van der Waals surface area contributed by atoms with E-state index in [0.29, 0.717) is 19.4 Å². The van der Waals surface area contributed by atoms with Crippen LogP contribution in [0.5, 0.6) is 0 Å². The second-order valence-electron chi connectivity index (χ2n) is 10.6. The Morgan fingerprint density at radius 1 is 1.03 bits per heavy atom. The summed E-state index contributed by atoms with van der Waals surface area (Å²) >= 11 is 0. The Kier molecular flexibility index (Phi) is 8.35. The molecule has 3 aromatic carbocycles. The van der Waals surface area contributed by atoms with Crippen LogP contribution in [-0.4, -0.2) is 36.5 Å². The summed E-state index contributed by atoms with van der Waals surface area (Å²) in [5.74, 6) is -0.504. The summed E-state index contributed by atoms with van der Waals surface area (Å²) in [5.41, 5.74) is 10.8. The monoisotopic (exact) mass is 527 g/mol. The predicted octanol–water partition coefficient (Wildman–Crippen LogP) is 4.05. The Morgan fingerprint density at radius 2 is 1.69 bits per heavy atom. The molecule has 0 radical (unpaired) electrons. The largest absolute Gasteiger partial charge is 0.343 e. The molecule has 1 heterocycles. The third kappa shape index (κ3) is 6.46. The third-order valence-corrected chi connectivity index (χ3v) is 7.05. The summed E-state index contributed by atoms with van der Waals surface area (Å²) in [7, 11) is 1.59. The molecule has 39 heavy (non-hydrogen) atoms. The van der Waals surface area contributed by atoms with E-state index in [1.807, 2.05) is 79.7 Å². The molecule has 204 valence electrons. The van der Waals surface area contributed by atoms with Gasteiger partial charge in [0.2, 0.25) is 11.8 Å². The van der Waals surface area contributed by atoms with E-state index in [1.54, 1.807) is 25.8 Å². The zero-order valence-corrected chi connectivity index (χ0v) is 23.0. The second kappa shape index (κ2) is 11.7. The molecule has 0 fully saturated rings. The van der Waals surface area contributed by atoms with Gasteiger partial charge in [-0.1, -0.05) is 66.7 Å². The van der Waals surface area contributed by atoms with Crippen LogP contribution < -0.4 is 26.6 Å². The molecule has 0 bridgehead atoms. The highest BCUT2D eigenvalue weighted by Gasteiger charge is 2.34. The molecule has 5 N–H and O–H groups in total. The fourth-order valence-corrected chi connectivity index (χ4v) is 4.81. The first-order valence-corrected chi connectivity index (χ1v) is 13.2. The van der Waals surface area contributed by atoms with Crippen LogP contribution in [0.3, 0.4) is 0 Å². The standard InChI is InChI=1S/C31H37N5O3/c1-20(34-30(39)33-4)24-10-6-7-11-25(24)22-15-13-21(14-16-22)19-36-27-12-8-5-9-23(27)17-18-26(28(36)37)35-29(38)31(2,3)32/h5-16,20,26H,17-19,32H2,1-4H3,(H,35,38)(H2,33,34,39)/t20?,26-/m1/s1. The van der Waals surface area contributed by atoms with Gasteiger partial charge in [0.05, 0.1) is 18.1 Å². The number of aryl methyl sites for hydroxylation is 1. The van der Waals surface area contributed by atoms with Crippen molar-refractivity contribution in [2.45, 2.75) is 57.8 Å². The number of nitrogens with one attached hydrogen (secondary N) is 3. The van der Waals surface area contributed by atoms with Gasteiger partial charge in [0.1, 0.15) is 6.04 Å². The number of carbonyl (C=O) groups is 3. The van der Waals surface area contributed by atoms with E-state index < -0.39 is 11.6 Å². The molecule has 0 spiro atoms. The number of urea groups is 1. The molecule has 0 aromatic heterocycles. The number of para-hydroxylation sites is 1. The zero-order chi connectivity index (χ0) is 28.2. The first-order chi connectivity index (χ1) is 18.6. The summed E-state index contributed by atoms with van der Waals surface area (Å²) in [6.07, 6.45) is 1.18. The van der Waals surface area contributed by atoms with E-state index in [1.165, 1.54) is 0 Å². The van der Waals surface area contributed by atoms with Gasteiger partial charge in [0.15, 0.2) is 0 Å². The number of rotatable bonds is 7. The van der Waals surface area contributed by atoms with Crippen LogP contribution in [-0.2, 0) is 22.6 Å². The normalized spacial score (nSPS) is 16.1. The molecule has 4 rings (SSSR count). The Labute approximate surface area is 230 Å². The van der Waals surface area contributed by atoms with Crippen molar-refractivity contribution in [2.24, 2.45) is 5.73 Å². The Hall–Kier alpha value is -4.17. The lowest BCUT2D eigenvalue weighted by atomic mass is 9.95. The number of benzene rings is 3. The summed E-state index contributed by atoms with van der Waals surface area (Å²) in [6.45, 7) is 5.58. The van der Waals surface area contributed by atoms with Crippen LogP contribution in [0.15, 0.2) is 72.8 Å². The summed E-state index contributed by atoms with van der Waals surface area (Å²) in [6, 6.07) is 22.9. The molecule has 0 saturated carbocycles. The minimum atomic E-state index is -1.08. The molecule has 1 unspecified atom stereocenters. The molecule has 0 saturated heterocycles. The average Bonchev–Trinajstić information content (AvgIpc) is 3.05. The van der Waals surface area contributed by atoms with Gasteiger partial charge in [-0.05, 0) is 67.5 Å². The molecule has 1 aliphatic rings. The van der Waals surface area contributed by atoms with E-state index in [0.717, 1.165) is 33.5 Å². The minimum absolute atomic E-state index is 0.152. The fourth-order valence-electron chi connectivity index (χ4n) is 4.81. The maximum atomic E-state index is 13.7. The van der Waals surface area contributed by atoms with E-state index in [9.17, 15) is 14.4 Å². The molecule has 8 heteroatoms. The highest BCUT2D eigenvalue weighted by atomic mass is 16.2. The van der Waals surface area contributed by atoms with Gasteiger partial charge in [0.25, 0.3) is 0 Å². The lowest BCUT2D eigenvalue weighted by molar-refractivity contribution is -0.130. The van der Waals surface area contributed by atoms with Crippen LogP contribution >= 0.6 is 0 Å². The van der Waals surface area contributed by atoms with Gasteiger partial charge in [-0.3, -0.25) is 9.59 Å². The van der Waals surface area contributed by atoms with Crippen LogP contribution in [0.4, 0.5) is 10.5 Å². The number of hydrogen-bond acceptors (Lipinski definition) is 4. The summed E-state index contributed by atoms with van der Waals surface area (Å²) in [4.78, 5) is 40.0. The van der Waals surface area contributed by atoms with Gasteiger partial charge in [0, 0.05) is 12.7 Å². The van der Waals surface area contributed by atoms with Crippen LogP contribution in [0.2, 0.25) is 0 Å². The molecular formula is C31H37N5O3. The van der Waals surface area contributed by atoms with E-state index in [4.69, 9.17) is 5.73 Å². The third-order valence-electron chi connectivity index (χ3n) is 7.05. The molecule has 0 aliphatic carbocycles. The lowest BCUT2D eigenvalue weighted by Crippen LogP contribution is -2.56. The van der Waals surface area contributed by atoms with Crippen LogP contribution in [0, 0.1) is 0 Å². The van der Waals surface area contributed by atoms with Crippen molar-refractivity contribution in [1.29, 1.82) is 0 Å². The topological polar surface area (TPSA) is 117 Å². The number of anilines is 1. The van der Waals surface area contributed by atoms with E-state index in [-0.39, 0.29) is 23.9 Å². The Bertz CT molecular complexity index is 1350. The highest BCUT2D eigenvalue weighted by molar-refractivity contribution is 6.01. The Balaban J connectivity index is 1.59. The molecule has 8 nitrogen and oxygen atoms in total. The van der Waals surface area contributed by atoms with Crippen molar-refractivity contribution in [3.63, 3.8) is 0 Å². The van der Waals surface area contributed by atoms with Gasteiger partial charge in [-0.2, -0.15) is 0 Å². The van der Waals surface area contributed by atoms with Crippen molar-refractivity contribution in [2.75, 3.05) is 11.9 Å². The lowest BCUT2D eigenvalue weighted by Gasteiger charge is -2.28. The minimum Gasteiger partial charge on any atom is -0.343 e. The van der Waals surface area contributed by atoms with E-state index in [2.05, 4.69) is 16.0 Å². The molecule has 1 aliphatic heterocycles. The molecular weight excluding hydrogens is 490 g/mol. The maximum Gasteiger partial charge on any atom is 0.315 e.